The minimum atomic E-state index is -4.97. The van der Waals surface area contributed by atoms with E-state index in [1.54, 1.807) is 0 Å². The van der Waals surface area contributed by atoms with Crippen LogP contribution in [0.5, 0.6) is 0 Å². The van der Waals surface area contributed by atoms with Crippen molar-refractivity contribution in [2.45, 2.75) is 490 Å². The Morgan fingerprint density at radius 3 is 0.636 bits per heavy atom. The zero-order valence-electron chi connectivity index (χ0n) is 70.5. The molecule has 0 saturated heterocycles. The van der Waals surface area contributed by atoms with Crippen LogP contribution in [0.3, 0.4) is 0 Å². The fourth-order valence-corrected chi connectivity index (χ4v) is 15.4. The molecule has 107 heavy (non-hydrogen) atoms. The van der Waals surface area contributed by atoms with Gasteiger partial charge in [-0.1, -0.05) is 420 Å². The third-order valence-electron chi connectivity index (χ3n) is 20.7. The summed E-state index contributed by atoms with van der Waals surface area (Å²) in [5, 5.41) is 10.7. The van der Waals surface area contributed by atoms with E-state index in [1.165, 1.54) is 289 Å². The van der Waals surface area contributed by atoms with E-state index in [0.717, 1.165) is 102 Å². The van der Waals surface area contributed by atoms with Gasteiger partial charge in [0.25, 0.3) is 0 Å². The van der Waals surface area contributed by atoms with Crippen LogP contribution in [0.25, 0.3) is 0 Å². The molecule has 0 saturated carbocycles. The molecule has 0 heterocycles. The number of rotatable bonds is 87. The quantitative estimate of drug-likeness (QED) is 0.0222. The second kappa shape index (κ2) is 79.3. The highest BCUT2D eigenvalue weighted by Gasteiger charge is 2.30. The standard InChI is InChI=1S/C88H172O17P2/c1-7-9-11-13-15-17-19-20-21-22-23-24-25-26-29-36-42-48-54-60-66-72-87(92)105-84(77-99-86(91)71-65-59-53-47-41-35-30-27-28-33-39-44-50-56-62-68-80(3)4)79-103-107(96,97)101-75-82(89)74-100-106(94,95)102-78-83(76-98-85(90)70-64-58-52-46-38-18-16-14-12-10-8-2)104-88(93)73-67-61-55-49-43-37-32-31-34-40-45-51-57-63-69-81(5)6/h80-84,89H,7-79H2,1-6H3,(H,94,95)(H,96,97)/t82-,83+,84+/m0/s1. The van der Waals surface area contributed by atoms with Crippen LogP contribution in [-0.4, -0.2) is 96.7 Å². The first-order valence-corrected chi connectivity index (χ1v) is 48.5. The Balaban J connectivity index is 5.24. The number of ether oxygens (including phenoxy) is 4. The Labute approximate surface area is 658 Å². The summed E-state index contributed by atoms with van der Waals surface area (Å²) >= 11 is 0. The fraction of sp³-hybridized carbons (Fsp3) is 0.955. The van der Waals surface area contributed by atoms with Gasteiger partial charge in [0.15, 0.2) is 12.2 Å². The van der Waals surface area contributed by atoms with E-state index in [1.807, 2.05) is 0 Å². The van der Waals surface area contributed by atoms with E-state index >= 15 is 0 Å². The maximum absolute atomic E-state index is 13.2. The van der Waals surface area contributed by atoms with Crippen molar-refractivity contribution in [3.8, 4) is 0 Å². The van der Waals surface area contributed by atoms with Crippen LogP contribution in [0.1, 0.15) is 472 Å². The Morgan fingerprint density at radius 2 is 0.430 bits per heavy atom. The predicted molar refractivity (Wildman–Crippen MR) is 442 cm³/mol. The average Bonchev–Trinajstić information content (AvgIpc) is 0.906. The first-order valence-electron chi connectivity index (χ1n) is 45.5. The van der Waals surface area contributed by atoms with Gasteiger partial charge in [-0.15, -0.1) is 0 Å². The molecule has 0 aliphatic rings. The van der Waals surface area contributed by atoms with Crippen molar-refractivity contribution in [3.63, 3.8) is 0 Å². The molecule has 0 fully saturated rings. The molecule has 0 aromatic carbocycles. The first kappa shape index (κ1) is 105. The van der Waals surface area contributed by atoms with Crippen LogP contribution in [0.4, 0.5) is 0 Å². The smallest absolute Gasteiger partial charge is 0.462 e. The number of carbonyl (C=O) groups is 4. The molecule has 0 aliphatic heterocycles. The van der Waals surface area contributed by atoms with E-state index in [2.05, 4.69) is 41.5 Å². The second-order valence-electron chi connectivity index (χ2n) is 32.6. The van der Waals surface area contributed by atoms with Crippen molar-refractivity contribution in [2.24, 2.45) is 11.8 Å². The highest BCUT2D eigenvalue weighted by molar-refractivity contribution is 7.47. The summed E-state index contributed by atoms with van der Waals surface area (Å²) in [7, 11) is -9.93. The van der Waals surface area contributed by atoms with Crippen LogP contribution in [-0.2, 0) is 65.4 Å². The number of hydrogen-bond donors (Lipinski definition) is 3. The molecule has 0 bridgehead atoms. The van der Waals surface area contributed by atoms with Gasteiger partial charge in [0, 0.05) is 25.7 Å². The maximum Gasteiger partial charge on any atom is 0.472 e. The summed E-state index contributed by atoms with van der Waals surface area (Å²) in [6, 6.07) is 0. The lowest BCUT2D eigenvalue weighted by atomic mass is 10.0. The third-order valence-corrected chi connectivity index (χ3v) is 22.6. The molecule has 0 radical (unpaired) electrons. The third kappa shape index (κ3) is 81.9. The number of aliphatic hydroxyl groups is 1. The minimum Gasteiger partial charge on any atom is -0.462 e. The Morgan fingerprint density at radius 1 is 0.252 bits per heavy atom. The zero-order chi connectivity index (χ0) is 78.5. The van der Waals surface area contributed by atoms with E-state index in [0.29, 0.717) is 25.7 Å². The summed E-state index contributed by atoms with van der Waals surface area (Å²) in [5.74, 6) is -0.497. The van der Waals surface area contributed by atoms with Crippen LogP contribution in [0.2, 0.25) is 0 Å². The average molecular weight is 1560 g/mol. The number of carbonyl (C=O) groups excluding carboxylic acids is 4. The van der Waals surface area contributed by atoms with E-state index in [-0.39, 0.29) is 25.7 Å². The molecule has 3 N–H and O–H groups in total. The summed E-state index contributed by atoms with van der Waals surface area (Å²) in [4.78, 5) is 73.3. The molecule has 0 aromatic heterocycles. The molecule has 5 atom stereocenters. The topological polar surface area (TPSA) is 237 Å². The number of phosphoric acid groups is 2. The lowest BCUT2D eigenvalue weighted by molar-refractivity contribution is -0.161. The van der Waals surface area contributed by atoms with Crippen molar-refractivity contribution in [2.75, 3.05) is 39.6 Å². The lowest BCUT2D eigenvalue weighted by Crippen LogP contribution is -2.30. The highest BCUT2D eigenvalue weighted by atomic mass is 31.2. The molecule has 19 heteroatoms. The summed E-state index contributed by atoms with van der Waals surface area (Å²) < 4.78 is 69.0. The normalized spacial score (nSPS) is 13.8. The van der Waals surface area contributed by atoms with Gasteiger partial charge in [0.05, 0.1) is 26.4 Å². The molecule has 2 unspecified atom stereocenters. The molecule has 636 valence electrons. The fourth-order valence-electron chi connectivity index (χ4n) is 13.8. The van der Waals surface area contributed by atoms with Crippen molar-refractivity contribution in [3.05, 3.63) is 0 Å². The summed E-state index contributed by atoms with van der Waals surface area (Å²) in [6.45, 7) is 9.73. The second-order valence-corrected chi connectivity index (χ2v) is 35.5. The molecular weight excluding hydrogens is 1390 g/mol. The summed E-state index contributed by atoms with van der Waals surface area (Å²) in [5.41, 5.74) is 0. The summed E-state index contributed by atoms with van der Waals surface area (Å²) in [6.07, 6.45) is 72.2. The minimum absolute atomic E-state index is 0.108. The Kier molecular flexibility index (Phi) is 77.9. The number of aliphatic hydroxyl groups excluding tert-OH is 1. The van der Waals surface area contributed by atoms with Gasteiger partial charge in [-0.3, -0.25) is 37.3 Å². The van der Waals surface area contributed by atoms with Gasteiger partial charge >= 0.3 is 39.5 Å². The maximum atomic E-state index is 13.2. The first-order chi connectivity index (χ1) is 51.9. The number of esters is 4. The Bertz CT molecular complexity index is 2050. The van der Waals surface area contributed by atoms with Crippen molar-refractivity contribution in [1.82, 2.24) is 0 Å². The van der Waals surface area contributed by atoms with Gasteiger partial charge in [-0.05, 0) is 37.5 Å². The van der Waals surface area contributed by atoms with Crippen LogP contribution >= 0.6 is 15.6 Å². The molecule has 0 aromatic rings. The van der Waals surface area contributed by atoms with Gasteiger partial charge in [0.2, 0.25) is 0 Å². The van der Waals surface area contributed by atoms with E-state index in [4.69, 9.17) is 37.0 Å². The largest absolute Gasteiger partial charge is 0.472 e. The van der Waals surface area contributed by atoms with Gasteiger partial charge in [-0.25, -0.2) is 9.13 Å². The molecule has 0 rings (SSSR count). The van der Waals surface area contributed by atoms with Gasteiger partial charge in [-0.2, -0.15) is 0 Å². The zero-order valence-corrected chi connectivity index (χ0v) is 72.2. The van der Waals surface area contributed by atoms with Crippen molar-refractivity contribution >= 4 is 39.5 Å². The van der Waals surface area contributed by atoms with E-state index in [9.17, 15) is 43.2 Å². The monoisotopic (exact) mass is 1560 g/mol. The SMILES string of the molecule is CCCCCCCCCCCCCCCCCCCCCCCC(=O)O[C@H](COC(=O)CCCCCCCCCCCCCCCCCC(C)C)COP(=O)(O)OC[C@@H](O)COP(=O)(O)OC[C@@H](COC(=O)CCCCCCCCCCCCC)OC(=O)CCCCCCCCCCCCCCCCC(C)C. The van der Waals surface area contributed by atoms with Crippen LogP contribution in [0, 0.1) is 11.8 Å². The van der Waals surface area contributed by atoms with Gasteiger partial charge in [0.1, 0.15) is 19.3 Å². The Hall–Kier alpha value is -1.94. The van der Waals surface area contributed by atoms with Crippen LogP contribution < -0.4 is 0 Å². The van der Waals surface area contributed by atoms with E-state index < -0.39 is 97.5 Å². The molecule has 0 amide bonds. The molecular formula is C88H172O17P2. The van der Waals surface area contributed by atoms with Crippen LogP contribution in [0.15, 0.2) is 0 Å². The number of phosphoric ester groups is 2. The molecule has 17 nitrogen and oxygen atoms in total. The highest BCUT2D eigenvalue weighted by Crippen LogP contribution is 2.45. The van der Waals surface area contributed by atoms with Gasteiger partial charge < -0.3 is 33.8 Å². The molecule has 0 spiro atoms. The number of hydrogen-bond acceptors (Lipinski definition) is 15. The molecule has 0 aliphatic carbocycles. The predicted octanol–water partition coefficient (Wildman–Crippen LogP) is 27.0. The number of unbranched alkanes of at least 4 members (excludes halogenated alkanes) is 57. The lowest BCUT2D eigenvalue weighted by Gasteiger charge is -2.21. The van der Waals surface area contributed by atoms with Crippen molar-refractivity contribution in [1.29, 1.82) is 0 Å². The van der Waals surface area contributed by atoms with Crippen molar-refractivity contribution < 1.29 is 80.2 Å².